The van der Waals surface area contributed by atoms with Crippen molar-refractivity contribution in [2.45, 2.75) is 39.0 Å². The van der Waals surface area contributed by atoms with E-state index >= 15 is 0 Å². The first-order valence-corrected chi connectivity index (χ1v) is 7.95. The summed E-state index contributed by atoms with van der Waals surface area (Å²) in [6, 6.07) is 7.36. The fourth-order valence-corrected chi connectivity index (χ4v) is 2.69. The van der Waals surface area contributed by atoms with Gasteiger partial charge in [0.25, 0.3) is 5.78 Å². The van der Waals surface area contributed by atoms with Crippen molar-refractivity contribution >= 4 is 11.6 Å². The minimum Gasteiger partial charge on any atom is -0.435 e. The van der Waals surface area contributed by atoms with Crippen molar-refractivity contribution < 1.29 is 18.6 Å². The summed E-state index contributed by atoms with van der Waals surface area (Å²) in [5, 5.41) is 18.0. The lowest BCUT2D eigenvalue weighted by atomic mass is 9.92. The van der Waals surface area contributed by atoms with E-state index in [0.29, 0.717) is 17.2 Å². The fraction of sp³-hybridized carbons (Fsp3) is 0.353. The van der Waals surface area contributed by atoms with Crippen LogP contribution in [0.25, 0.3) is 5.78 Å². The fourth-order valence-electron chi connectivity index (χ4n) is 2.69. The molecule has 0 amide bonds. The van der Waals surface area contributed by atoms with Gasteiger partial charge in [0.1, 0.15) is 17.9 Å². The molecule has 0 aliphatic carbocycles. The summed E-state index contributed by atoms with van der Waals surface area (Å²) in [5.74, 6) is 1.09. The minimum absolute atomic E-state index is 0.0525. The Kier molecular flexibility index (Phi) is 4.73. The molecule has 0 radical (unpaired) electrons. The summed E-state index contributed by atoms with van der Waals surface area (Å²) in [6.07, 6.45) is 1.39. The van der Waals surface area contributed by atoms with Crippen LogP contribution in [-0.2, 0) is 0 Å². The molecule has 0 spiro atoms. The predicted octanol–water partition coefficient (Wildman–Crippen LogP) is 2.96. The normalized spacial score (nSPS) is 13.2. The van der Waals surface area contributed by atoms with Crippen molar-refractivity contribution in [3.63, 3.8) is 0 Å². The maximum atomic E-state index is 12.3. The predicted molar refractivity (Wildman–Crippen MR) is 91.3 cm³/mol. The summed E-state index contributed by atoms with van der Waals surface area (Å²) < 4.78 is 30.5. The lowest BCUT2D eigenvalue weighted by Gasteiger charge is -2.31. The van der Waals surface area contributed by atoms with Crippen molar-refractivity contribution in [1.82, 2.24) is 19.6 Å². The molecule has 9 heteroatoms. The SMILES string of the molecule is Cc1cc(N[C@@H](c2ccc(OC(F)F)cc2)C(C)(C)O)n2ncnc2n1. The van der Waals surface area contributed by atoms with E-state index in [0.717, 1.165) is 5.69 Å². The monoisotopic (exact) mass is 363 g/mol. The topological polar surface area (TPSA) is 84.6 Å². The Bertz CT molecular complexity index is 890. The van der Waals surface area contributed by atoms with Crippen molar-refractivity contribution in [2.75, 3.05) is 5.32 Å². The number of alkyl halides is 2. The highest BCUT2D eigenvalue weighted by molar-refractivity contribution is 5.47. The number of nitrogens with one attached hydrogen (secondary N) is 1. The highest BCUT2D eigenvalue weighted by Gasteiger charge is 2.29. The molecule has 1 atom stereocenters. The van der Waals surface area contributed by atoms with E-state index in [2.05, 4.69) is 25.1 Å². The van der Waals surface area contributed by atoms with Gasteiger partial charge in [-0.3, -0.25) is 0 Å². The lowest BCUT2D eigenvalue weighted by Crippen LogP contribution is -2.35. The van der Waals surface area contributed by atoms with Gasteiger partial charge in [-0.25, -0.2) is 4.98 Å². The molecule has 0 unspecified atom stereocenters. The number of rotatable bonds is 6. The first kappa shape index (κ1) is 18.0. The summed E-state index contributed by atoms with van der Waals surface area (Å²) >= 11 is 0. The molecule has 26 heavy (non-hydrogen) atoms. The number of aliphatic hydroxyl groups is 1. The summed E-state index contributed by atoms with van der Waals surface area (Å²) in [6.45, 7) is 2.25. The first-order valence-electron chi connectivity index (χ1n) is 7.95. The third kappa shape index (κ3) is 3.88. The van der Waals surface area contributed by atoms with E-state index in [1.165, 1.54) is 23.0 Å². The van der Waals surface area contributed by atoms with Crippen LogP contribution >= 0.6 is 0 Å². The molecule has 0 fully saturated rings. The van der Waals surface area contributed by atoms with Gasteiger partial charge in [-0.1, -0.05) is 12.1 Å². The molecule has 3 rings (SSSR count). The molecule has 0 saturated heterocycles. The van der Waals surface area contributed by atoms with Crippen LogP contribution in [0.15, 0.2) is 36.7 Å². The van der Waals surface area contributed by atoms with Crippen LogP contribution in [0, 0.1) is 6.92 Å². The molecule has 1 aromatic carbocycles. The Morgan fingerprint density at radius 2 is 1.92 bits per heavy atom. The lowest BCUT2D eigenvalue weighted by molar-refractivity contribution is -0.0498. The van der Waals surface area contributed by atoms with E-state index in [-0.39, 0.29) is 5.75 Å². The average Bonchev–Trinajstić information content (AvgIpc) is 3.00. The smallest absolute Gasteiger partial charge is 0.387 e. The van der Waals surface area contributed by atoms with Gasteiger partial charge in [0.2, 0.25) is 0 Å². The zero-order valence-electron chi connectivity index (χ0n) is 14.5. The molecule has 0 saturated carbocycles. The van der Waals surface area contributed by atoms with E-state index in [1.54, 1.807) is 32.0 Å². The average molecular weight is 363 g/mol. The van der Waals surface area contributed by atoms with E-state index in [1.807, 2.05) is 6.92 Å². The molecule has 2 aromatic heterocycles. The van der Waals surface area contributed by atoms with Crippen LogP contribution < -0.4 is 10.1 Å². The third-order valence-electron chi connectivity index (χ3n) is 3.82. The molecule has 7 nitrogen and oxygen atoms in total. The van der Waals surface area contributed by atoms with Crippen LogP contribution in [0.2, 0.25) is 0 Å². The minimum atomic E-state index is -2.88. The summed E-state index contributed by atoms with van der Waals surface area (Å²) in [7, 11) is 0. The van der Waals surface area contributed by atoms with Gasteiger partial charge in [0.05, 0.1) is 11.6 Å². The molecule has 2 heterocycles. The van der Waals surface area contributed by atoms with E-state index in [4.69, 9.17) is 0 Å². The van der Waals surface area contributed by atoms with Crippen molar-refractivity contribution in [3.8, 4) is 5.75 Å². The first-order chi connectivity index (χ1) is 12.2. The second kappa shape index (κ2) is 6.83. The number of fused-ring (bicyclic) bond motifs is 1. The van der Waals surface area contributed by atoms with Crippen LogP contribution in [0.1, 0.15) is 31.1 Å². The number of hydrogen-bond acceptors (Lipinski definition) is 6. The number of aromatic nitrogens is 4. The van der Waals surface area contributed by atoms with E-state index < -0.39 is 18.3 Å². The van der Waals surface area contributed by atoms with Crippen LogP contribution in [0.4, 0.5) is 14.6 Å². The number of aryl methyl sites for hydroxylation is 1. The standard InChI is InChI=1S/C17H19F2N5O2/c1-10-8-13(24-16(22-10)20-9-21-24)23-14(17(2,3)25)11-4-6-12(7-5-11)26-15(18)19/h4-9,14-15,23,25H,1-3H3/t14-/m0/s1. The highest BCUT2D eigenvalue weighted by Crippen LogP contribution is 2.31. The second-order valence-electron chi connectivity index (χ2n) is 6.43. The van der Waals surface area contributed by atoms with Gasteiger partial charge in [0, 0.05) is 11.8 Å². The molecule has 0 bridgehead atoms. The zero-order valence-corrected chi connectivity index (χ0v) is 14.5. The highest BCUT2D eigenvalue weighted by atomic mass is 19.3. The van der Waals surface area contributed by atoms with Gasteiger partial charge < -0.3 is 15.2 Å². The van der Waals surface area contributed by atoms with Gasteiger partial charge in [0.15, 0.2) is 0 Å². The molecule has 0 aliphatic rings. The summed E-state index contributed by atoms with van der Waals surface area (Å²) in [4.78, 5) is 8.35. The number of anilines is 1. The quantitative estimate of drug-likeness (QED) is 0.700. The van der Waals surface area contributed by atoms with Gasteiger partial charge in [-0.2, -0.15) is 23.4 Å². The zero-order chi connectivity index (χ0) is 18.9. The van der Waals surface area contributed by atoms with E-state index in [9.17, 15) is 13.9 Å². The Hall–Kier alpha value is -2.81. The number of halogens is 2. The van der Waals surface area contributed by atoms with Crippen molar-refractivity contribution in [3.05, 3.63) is 47.9 Å². The van der Waals surface area contributed by atoms with Crippen LogP contribution in [0.3, 0.4) is 0 Å². The van der Waals surface area contributed by atoms with Gasteiger partial charge in [-0.05, 0) is 38.5 Å². The Labute approximate surface area is 148 Å². The Balaban J connectivity index is 1.95. The van der Waals surface area contributed by atoms with Gasteiger partial charge in [-0.15, -0.1) is 0 Å². The summed E-state index contributed by atoms with van der Waals surface area (Å²) in [5.41, 5.74) is 0.278. The molecule has 0 aliphatic heterocycles. The number of benzene rings is 1. The number of hydrogen-bond donors (Lipinski definition) is 2. The van der Waals surface area contributed by atoms with Gasteiger partial charge >= 0.3 is 6.61 Å². The maximum absolute atomic E-state index is 12.3. The second-order valence-corrected chi connectivity index (χ2v) is 6.43. The third-order valence-corrected chi connectivity index (χ3v) is 3.82. The van der Waals surface area contributed by atoms with Crippen molar-refractivity contribution in [1.29, 1.82) is 0 Å². The molecule has 3 aromatic rings. The molecule has 138 valence electrons. The Morgan fingerprint density at radius 3 is 2.54 bits per heavy atom. The van der Waals surface area contributed by atoms with Crippen LogP contribution in [-0.4, -0.2) is 36.9 Å². The van der Waals surface area contributed by atoms with Crippen LogP contribution in [0.5, 0.6) is 5.75 Å². The molecular weight excluding hydrogens is 344 g/mol. The van der Waals surface area contributed by atoms with Crippen molar-refractivity contribution in [2.24, 2.45) is 0 Å². The Morgan fingerprint density at radius 1 is 1.23 bits per heavy atom. The molecular formula is C17H19F2N5O2. The molecule has 2 N–H and O–H groups in total. The number of ether oxygens (including phenoxy) is 1. The number of nitrogens with zero attached hydrogens (tertiary/aromatic N) is 4. The maximum Gasteiger partial charge on any atom is 0.387 e. The largest absolute Gasteiger partial charge is 0.435 e.